The lowest BCUT2D eigenvalue weighted by Crippen LogP contribution is -2.61. The van der Waals surface area contributed by atoms with Gasteiger partial charge in [-0.1, -0.05) is 44.2 Å². The largest absolute Gasteiger partial charge is 0.508 e. The maximum atomic E-state index is 14.6. The summed E-state index contributed by atoms with van der Waals surface area (Å²) in [6.45, 7) is 2.77. The SMILES string of the molecule is CC(C)C[C@H](NC(=O)[C@H](CCC(=O)O)NC(=O)[C@H](Cc1c[nH]c2ccccc12)NC(=O)[C@H](Cc1ccc(O)cc1)NC(=O)[C@@H]1CCCN1)C(=O)N[C@@H](CO)C(=O)N[C@@H](CC(N)=O)C(=O)N[C@@H](Cc1cnc[nH]1)C(=O)N[C@@H](CCC(N)=O)C(=O)O. The first kappa shape index (κ1) is 65.4. The number of carbonyl (C=O) groups is 12. The lowest BCUT2D eigenvalue weighted by atomic mass is 10.00. The molecular formula is C54H72N14O16. The molecule has 0 radical (unpaired) electrons. The van der Waals surface area contributed by atoms with Gasteiger partial charge in [-0.05, 0) is 73.9 Å². The zero-order valence-corrected chi connectivity index (χ0v) is 46.1. The van der Waals surface area contributed by atoms with E-state index in [4.69, 9.17) is 11.5 Å². The number of nitrogens with zero attached hydrogens (tertiary/aromatic N) is 1. The summed E-state index contributed by atoms with van der Waals surface area (Å²) in [4.78, 5) is 169. The molecule has 454 valence electrons. The maximum Gasteiger partial charge on any atom is 0.326 e. The van der Waals surface area contributed by atoms with Crippen LogP contribution >= 0.6 is 0 Å². The molecule has 0 aliphatic carbocycles. The minimum atomic E-state index is -1.91. The number of H-pyrrole nitrogens is 2. The van der Waals surface area contributed by atoms with E-state index in [1.165, 1.54) is 24.7 Å². The number of aliphatic hydroxyl groups excluding tert-OH is 1. The number of primary amides is 2. The van der Waals surface area contributed by atoms with E-state index < -0.39 is 164 Å². The van der Waals surface area contributed by atoms with Gasteiger partial charge in [-0.15, -0.1) is 0 Å². The van der Waals surface area contributed by atoms with Gasteiger partial charge in [0.2, 0.25) is 59.1 Å². The van der Waals surface area contributed by atoms with Crippen LogP contribution in [0, 0.1) is 5.92 Å². The predicted molar refractivity (Wildman–Crippen MR) is 296 cm³/mol. The van der Waals surface area contributed by atoms with E-state index in [2.05, 4.69) is 62.8 Å². The van der Waals surface area contributed by atoms with Crippen molar-refractivity contribution in [1.82, 2.24) is 62.8 Å². The molecule has 19 N–H and O–H groups in total. The first-order valence-corrected chi connectivity index (χ1v) is 27.0. The summed E-state index contributed by atoms with van der Waals surface area (Å²) in [5, 5.41) is 63.1. The number of aromatic nitrogens is 3. The summed E-state index contributed by atoms with van der Waals surface area (Å²) < 4.78 is 0. The van der Waals surface area contributed by atoms with Crippen molar-refractivity contribution in [3.63, 3.8) is 0 Å². The van der Waals surface area contributed by atoms with Crippen LogP contribution in [0.5, 0.6) is 5.75 Å². The van der Waals surface area contributed by atoms with Crippen molar-refractivity contribution in [3.05, 3.63) is 84.1 Å². The van der Waals surface area contributed by atoms with Gasteiger partial charge in [0.15, 0.2) is 0 Å². The number of phenolic OH excluding ortho intramolecular Hbond substituents is 1. The molecule has 2 aromatic heterocycles. The number of benzene rings is 2. The zero-order valence-electron chi connectivity index (χ0n) is 46.1. The van der Waals surface area contributed by atoms with Gasteiger partial charge < -0.3 is 89.7 Å². The van der Waals surface area contributed by atoms with Crippen molar-refractivity contribution in [2.24, 2.45) is 17.4 Å². The molecule has 0 saturated carbocycles. The van der Waals surface area contributed by atoms with Gasteiger partial charge in [0.1, 0.15) is 54.1 Å². The molecular weight excluding hydrogens is 1100 g/mol. The second-order valence-electron chi connectivity index (χ2n) is 20.6. The summed E-state index contributed by atoms with van der Waals surface area (Å²) in [5.41, 5.74) is 12.6. The van der Waals surface area contributed by atoms with E-state index in [0.29, 0.717) is 41.4 Å². The van der Waals surface area contributed by atoms with E-state index in [0.717, 1.165) is 0 Å². The normalized spacial score (nSPS) is 15.8. The summed E-state index contributed by atoms with van der Waals surface area (Å²) in [6.07, 6.45) is 1.62. The van der Waals surface area contributed by atoms with Gasteiger partial charge in [-0.3, -0.25) is 52.7 Å². The quantitative estimate of drug-likeness (QED) is 0.0215. The van der Waals surface area contributed by atoms with Crippen molar-refractivity contribution in [2.45, 2.75) is 139 Å². The fourth-order valence-electron chi connectivity index (χ4n) is 9.11. The zero-order chi connectivity index (χ0) is 61.6. The van der Waals surface area contributed by atoms with Crippen molar-refractivity contribution in [1.29, 1.82) is 0 Å². The van der Waals surface area contributed by atoms with E-state index in [9.17, 15) is 78.0 Å². The fourth-order valence-corrected chi connectivity index (χ4v) is 9.11. The number of fused-ring (bicyclic) bond motifs is 1. The Morgan fingerprint density at radius 3 is 1.75 bits per heavy atom. The molecule has 1 fully saturated rings. The van der Waals surface area contributed by atoms with E-state index in [1.807, 2.05) is 0 Å². The number of nitrogens with one attached hydrogen (secondary N) is 11. The van der Waals surface area contributed by atoms with Crippen LogP contribution in [-0.2, 0) is 76.8 Å². The van der Waals surface area contributed by atoms with Crippen molar-refractivity contribution < 1.29 is 78.0 Å². The lowest BCUT2D eigenvalue weighted by Gasteiger charge is -2.28. The van der Waals surface area contributed by atoms with Gasteiger partial charge in [-0.25, -0.2) is 9.78 Å². The van der Waals surface area contributed by atoms with Crippen LogP contribution in [0.25, 0.3) is 10.9 Å². The van der Waals surface area contributed by atoms with Crippen molar-refractivity contribution >= 4 is 81.9 Å². The van der Waals surface area contributed by atoms with Crippen LogP contribution in [-0.4, -0.2) is 174 Å². The van der Waals surface area contributed by atoms with Gasteiger partial charge in [0, 0.05) is 61.1 Å². The Morgan fingerprint density at radius 1 is 0.619 bits per heavy atom. The Balaban J connectivity index is 1.36. The third kappa shape index (κ3) is 20.5. The minimum absolute atomic E-state index is 0.0442. The number of aromatic hydroxyl groups is 1. The van der Waals surface area contributed by atoms with Crippen LogP contribution in [0.4, 0.5) is 0 Å². The molecule has 5 rings (SSSR count). The van der Waals surface area contributed by atoms with Gasteiger partial charge in [-0.2, -0.15) is 0 Å². The van der Waals surface area contributed by atoms with Crippen LogP contribution < -0.4 is 59.3 Å². The Hall–Kier alpha value is -9.45. The number of amides is 10. The Morgan fingerprint density at radius 2 is 1.17 bits per heavy atom. The third-order valence-electron chi connectivity index (χ3n) is 13.5. The molecule has 10 amide bonds. The number of aromatic amines is 2. The van der Waals surface area contributed by atoms with Gasteiger partial charge in [0.25, 0.3) is 0 Å². The molecule has 0 unspecified atom stereocenters. The molecule has 1 saturated heterocycles. The molecule has 1 aliphatic rings. The second-order valence-corrected chi connectivity index (χ2v) is 20.6. The molecule has 1 aliphatic heterocycles. The number of hydrogen-bond acceptors (Lipinski definition) is 16. The second kappa shape index (κ2) is 31.7. The van der Waals surface area contributed by atoms with Crippen LogP contribution in [0.15, 0.2) is 67.3 Å². The fraction of sp³-hybridized carbons (Fsp3) is 0.463. The average molecular weight is 1170 g/mol. The number of imidazole rings is 1. The Kier molecular flexibility index (Phi) is 24.6. The average Bonchev–Trinajstić information content (AvgIpc) is 4.45. The highest BCUT2D eigenvalue weighted by Crippen LogP contribution is 2.20. The molecule has 30 heteroatoms. The van der Waals surface area contributed by atoms with Crippen molar-refractivity contribution in [3.8, 4) is 5.75 Å². The molecule has 0 spiro atoms. The van der Waals surface area contributed by atoms with Crippen LogP contribution in [0.2, 0.25) is 0 Å². The Labute approximate surface area is 480 Å². The smallest absolute Gasteiger partial charge is 0.326 e. The highest BCUT2D eigenvalue weighted by atomic mass is 16.4. The number of aliphatic hydroxyl groups is 1. The minimum Gasteiger partial charge on any atom is -0.508 e. The van der Waals surface area contributed by atoms with E-state index >= 15 is 0 Å². The van der Waals surface area contributed by atoms with Crippen LogP contribution in [0.1, 0.15) is 82.0 Å². The number of carboxylic acids is 2. The standard InChI is InChI=1S/C54H72N14O16/c1-27(2)18-37(48(77)68-42(25-69)53(82)67-41(22-44(56)72)52(81)66-40(21-30-24-57-26-60-30)51(80)62-36(54(83)84)13-15-43(55)71)63-47(76)35(14-16-45(73)74)61-50(79)39(20-29-23-59-33-7-4-3-6-32(29)33)65-49(78)38(19-28-9-11-31(70)12-10-28)64-46(75)34-8-5-17-58-34/h3-4,6-7,9-12,23-24,26-27,34-42,58-59,69-70H,5,8,13-22,25H2,1-2H3,(H2,55,71)(H2,56,72)(H,57,60)(H,61,79)(H,62,80)(H,63,76)(H,64,75)(H,65,78)(H,66,81)(H,67,82)(H,68,77)(H,73,74)(H,83,84)/t34-,35-,36-,37-,38-,39-,40-,41-,42-/m0/s1. The molecule has 3 heterocycles. The van der Waals surface area contributed by atoms with E-state index in [-0.39, 0.29) is 43.0 Å². The third-order valence-corrected chi connectivity index (χ3v) is 13.5. The highest BCUT2D eigenvalue weighted by Gasteiger charge is 2.37. The number of aliphatic carboxylic acids is 2. The first-order valence-electron chi connectivity index (χ1n) is 27.0. The Bertz CT molecular complexity index is 2980. The number of carboxylic acid groups (broad SMARTS) is 2. The number of nitrogens with two attached hydrogens (primary N) is 2. The molecule has 84 heavy (non-hydrogen) atoms. The summed E-state index contributed by atoms with van der Waals surface area (Å²) >= 11 is 0. The highest BCUT2D eigenvalue weighted by molar-refractivity contribution is 5.99. The number of para-hydroxylation sites is 1. The number of phenols is 1. The van der Waals surface area contributed by atoms with Gasteiger partial charge >= 0.3 is 11.9 Å². The van der Waals surface area contributed by atoms with Crippen LogP contribution in [0.3, 0.4) is 0 Å². The number of hydrogen-bond donors (Lipinski definition) is 17. The first-order chi connectivity index (χ1) is 39.9. The molecule has 9 atom stereocenters. The summed E-state index contributed by atoms with van der Waals surface area (Å²) in [6, 6.07) is -0.687. The molecule has 2 aromatic carbocycles. The molecule has 4 aromatic rings. The monoisotopic (exact) mass is 1170 g/mol. The summed E-state index contributed by atoms with van der Waals surface area (Å²) in [5.74, 6) is -13.3. The molecule has 0 bridgehead atoms. The summed E-state index contributed by atoms with van der Waals surface area (Å²) in [7, 11) is 0. The van der Waals surface area contributed by atoms with Crippen molar-refractivity contribution in [2.75, 3.05) is 13.2 Å². The predicted octanol–water partition coefficient (Wildman–Crippen LogP) is -3.62. The van der Waals surface area contributed by atoms with E-state index in [1.54, 1.807) is 56.4 Å². The number of carbonyl (C=O) groups excluding carboxylic acids is 10. The maximum absolute atomic E-state index is 14.6. The number of rotatable bonds is 34. The molecule has 30 nitrogen and oxygen atoms in total. The lowest BCUT2D eigenvalue weighted by molar-refractivity contribution is -0.143. The van der Waals surface area contributed by atoms with Gasteiger partial charge in [0.05, 0.1) is 25.4 Å². The topological polar surface area (TPSA) is 491 Å².